The van der Waals surface area contributed by atoms with Crippen molar-refractivity contribution in [3.8, 4) is 0 Å². The molecule has 0 spiro atoms. The first-order chi connectivity index (χ1) is 9.60. The van der Waals surface area contributed by atoms with E-state index in [1.54, 1.807) is 17.0 Å². The van der Waals surface area contributed by atoms with Gasteiger partial charge in [0.25, 0.3) is 0 Å². The van der Waals surface area contributed by atoms with E-state index in [4.69, 9.17) is 11.6 Å². The summed E-state index contributed by atoms with van der Waals surface area (Å²) in [7, 11) is 0. The monoisotopic (exact) mass is 291 g/mol. The SMILES string of the molecule is Cc1ccc(N(Cc2ccc(F)cc2)C(=O)CCl)cc1. The molecule has 0 bridgehead atoms. The summed E-state index contributed by atoms with van der Waals surface area (Å²) in [5.41, 5.74) is 2.75. The van der Waals surface area contributed by atoms with Gasteiger partial charge in [-0.05, 0) is 36.8 Å². The molecule has 0 aliphatic carbocycles. The molecule has 0 aromatic heterocycles. The lowest BCUT2D eigenvalue weighted by Crippen LogP contribution is -2.31. The van der Waals surface area contributed by atoms with E-state index in [0.717, 1.165) is 16.8 Å². The largest absolute Gasteiger partial charge is 0.307 e. The Morgan fingerprint density at radius 3 is 2.25 bits per heavy atom. The summed E-state index contributed by atoms with van der Waals surface area (Å²) in [6.45, 7) is 2.35. The van der Waals surface area contributed by atoms with E-state index in [-0.39, 0.29) is 17.6 Å². The Morgan fingerprint density at radius 1 is 1.10 bits per heavy atom. The predicted molar refractivity (Wildman–Crippen MR) is 79.5 cm³/mol. The van der Waals surface area contributed by atoms with Gasteiger partial charge in [-0.2, -0.15) is 0 Å². The summed E-state index contributed by atoms with van der Waals surface area (Å²) < 4.78 is 12.9. The van der Waals surface area contributed by atoms with Gasteiger partial charge in [0.15, 0.2) is 0 Å². The van der Waals surface area contributed by atoms with Crippen molar-refractivity contribution in [2.24, 2.45) is 0 Å². The molecule has 2 aromatic rings. The number of halogens is 2. The van der Waals surface area contributed by atoms with Crippen LogP contribution in [0.15, 0.2) is 48.5 Å². The zero-order valence-electron chi connectivity index (χ0n) is 11.1. The van der Waals surface area contributed by atoms with Crippen LogP contribution >= 0.6 is 11.6 Å². The van der Waals surface area contributed by atoms with Crippen LogP contribution in [-0.4, -0.2) is 11.8 Å². The fraction of sp³-hybridized carbons (Fsp3) is 0.188. The van der Waals surface area contributed by atoms with Crippen LogP contribution in [0.25, 0.3) is 0 Å². The second-order valence-corrected chi connectivity index (χ2v) is 4.84. The van der Waals surface area contributed by atoms with Crippen LogP contribution in [0.1, 0.15) is 11.1 Å². The molecule has 0 saturated heterocycles. The van der Waals surface area contributed by atoms with E-state index in [2.05, 4.69) is 0 Å². The number of hydrogen-bond donors (Lipinski definition) is 0. The minimum Gasteiger partial charge on any atom is -0.307 e. The van der Waals surface area contributed by atoms with E-state index in [1.165, 1.54) is 12.1 Å². The Morgan fingerprint density at radius 2 is 1.70 bits per heavy atom. The number of carbonyl (C=O) groups excluding carboxylic acids is 1. The number of nitrogens with zero attached hydrogens (tertiary/aromatic N) is 1. The maximum atomic E-state index is 12.9. The van der Waals surface area contributed by atoms with Crippen molar-refractivity contribution < 1.29 is 9.18 Å². The van der Waals surface area contributed by atoms with Gasteiger partial charge in [0, 0.05) is 5.69 Å². The summed E-state index contributed by atoms with van der Waals surface area (Å²) in [4.78, 5) is 13.6. The second kappa shape index (κ2) is 6.53. The van der Waals surface area contributed by atoms with Crippen molar-refractivity contribution in [1.29, 1.82) is 0 Å². The van der Waals surface area contributed by atoms with Crippen molar-refractivity contribution >= 4 is 23.2 Å². The molecule has 0 heterocycles. The van der Waals surface area contributed by atoms with Crippen molar-refractivity contribution in [2.75, 3.05) is 10.8 Å². The molecule has 0 atom stereocenters. The van der Waals surface area contributed by atoms with Crippen molar-refractivity contribution in [1.82, 2.24) is 0 Å². The van der Waals surface area contributed by atoms with Gasteiger partial charge in [0.1, 0.15) is 11.7 Å². The number of carbonyl (C=O) groups is 1. The smallest absolute Gasteiger partial charge is 0.242 e. The third kappa shape index (κ3) is 3.58. The maximum absolute atomic E-state index is 12.9. The van der Waals surface area contributed by atoms with Crippen LogP contribution in [0.5, 0.6) is 0 Å². The van der Waals surface area contributed by atoms with Crippen LogP contribution in [0, 0.1) is 12.7 Å². The van der Waals surface area contributed by atoms with E-state index in [9.17, 15) is 9.18 Å². The molecule has 0 N–H and O–H groups in total. The predicted octanol–water partition coefficient (Wildman–Crippen LogP) is 3.91. The quantitative estimate of drug-likeness (QED) is 0.782. The van der Waals surface area contributed by atoms with Gasteiger partial charge in [-0.3, -0.25) is 4.79 Å². The van der Waals surface area contributed by atoms with Crippen LogP contribution < -0.4 is 4.90 Å². The summed E-state index contributed by atoms with van der Waals surface area (Å²) >= 11 is 5.67. The van der Waals surface area contributed by atoms with Gasteiger partial charge in [-0.25, -0.2) is 4.39 Å². The zero-order chi connectivity index (χ0) is 14.5. The highest BCUT2D eigenvalue weighted by Crippen LogP contribution is 2.19. The highest BCUT2D eigenvalue weighted by atomic mass is 35.5. The van der Waals surface area contributed by atoms with Crippen LogP contribution in [0.3, 0.4) is 0 Å². The summed E-state index contributed by atoms with van der Waals surface area (Å²) in [5, 5.41) is 0. The van der Waals surface area contributed by atoms with Crippen LogP contribution in [0.2, 0.25) is 0 Å². The van der Waals surface area contributed by atoms with Gasteiger partial charge in [-0.1, -0.05) is 29.8 Å². The molecule has 2 nitrogen and oxygen atoms in total. The molecule has 2 aromatic carbocycles. The lowest BCUT2D eigenvalue weighted by Gasteiger charge is -2.22. The first kappa shape index (κ1) is 14.5. The molecule has 20 heavy (non-hydrogen) atoms. The normalized spacial score (nSPS) is 10.3. The highest BCUT2D eigenvalue weighted by Gasteiger charge is 2.15. The Bertz CT molecular complexity index is 580. The van der Waals surface area contributed by atoms with Crippen molar-refractivity contribution in [3.63, 3.8) is 0 Å². The molecular formula is C16H15ClFNO. The molecule has 0 radical (unpaired) electrons. The summed E-state index contributed by atoms with van der Waals surface area (Å²) in [6.07, 6.45) is 0. The van der Waals surface area contributed by atoms with E-state index >= 15 is 0 Å². The number of alkyl halides is 1. The van der Waals surface area contributed by atoms with Gasteiger partial charge < -0.3 is 4.90 Å². The number of benzene rings is 2. The Kier molecular flexibility index (Phi) is 4.74. The van der Waals surface area contributed by atoms with Crippen LogP contribution in [-0.2, 0) is 11.3 Å². The molecule has 4 heteroatoms. The average Bonchev–Trinajstić information content (AvgIpc) is 2.47. The molecular weight excluding hydrogens is 277 g/mol. The third-order valence-electron chi connectivity index (χ3n) is 3.01. The summed E-state index contributed by atoms with van der Waals surface area (Å²) in [5.74, 6) is -0.561. The van der Waals surface area contributed by atoms with E-state index in [1.807, 2.05) is 31.2 Å². The van der Waals surface area contributed by atoms with Crippen LogP contribution in [0.4, 0.5) is 10.1 Å². The molecule has 1 amide bonds. The lowest BCUT2D eigenvalue weighted by molar-refractivity contribution is -0.116. The standard InChI is InChI=1S/C16H15ClFNO/c1-12-2-8-15(9-3-12)19(16(20)10-17)11-13-4-6-14(18)7-5-13/h2-9H,10-11H2,1H3. The van der Waals surface area contributed by atoms with E-state index in [0.29, 0.717) is 6.54 Å². The third-order valence-corrected chi connectivity index (χ3v) is 3.24. The lowest BCUT2D eigenvalue weighted by atomic mass is 10.1. The number of amides is 1. The fourth-order valence-corrected chi connectivity index (χ4v) is 2.04. The molecule has 0 unspecified atom stereocenters. The first-order valence-corrected chi connectivity index (χ1v) is 6.81. The van der Waals surface area contributed by atoms with Gasteiger partial charge in [0.2, 0.25) is 5.91 Å². The number of anilines is 1. The number of aryl methyl sites for hydroxylation is 1. The van der Waals surface area contributed by atoms with E-state index < -0.39 is 0 Å². The topological polar surface area (TPSA) is 20.3 Å². The Hall–Kier alpha value is -1.87. The zero-order valence-corrected chi connectivity index (χ0v) is 11.9. The van der Waals surface area contributed by atoms with Gasteiger partial charge in [0.05, 0.1) is 6.54 Å². The van der Waals surface area contributed by atoms with Crippen molar-refractivity contribution in [2.45, 2.75) is 13.5 Å². The Balaban J connectivity index is 2.26. The maximum Gasteiger partial charge on any atom is 0.242 e. The minimum atomic E-state index is -0.292. The molecule has 0 aliphatic heterocycles. The molecule has 104 valence electrons. The van der Waals surface area contributed by atoms with Gasteiger partial charge >= 0.3 is 0 Å². The Labute approximate surface area is 122 Å². The van der Waals surface area contributed by atoms with Gasteiger partial charge in [-0.15, -0.1) is 11.6 Å². The molecule has 0 fully saturated rings. The minimum absolute atomic E-state index is 0.0882. The second-order valence-electron chi connectivity index (χ2n) is 4.58. The molecule has 0 saturated carbocycles. The fourth-order valence-electron chi connectivity index (χ4n) is 1.89. The molecule has 0 aliphatic rings. The van der Waals surface area contributed by atoms with Crippen molar-refractivity contribution in [3.05, 3.63) is 65.5 Å². The highest BCUT2D eigenvalue weighted by molar-refractivity contribution is 6.29. The number of rotatable bonds is 4. The number of hydrogen-bond acceptors (Lipinski definition) is 1. The molecule has 2 rings (SSSR count). The first-order valence-electron chi connectivity index (χ1n) is 6.27. The summed E-state index contributed by atoms with van der Waals surface area (Å²) in [6, 6.07) is 13.7. The average molecular weight is 292 g/mol.